The molecule has 8 aromatic heterocycles. The summed E-state index contributed by atoms with van der Waals surface area (Å²) in [6.07, 6.45) is 8.18. The smallest absolute Gasteiger partial charge is 0.393 e. The molecule has 4 saturated carbocycles. The van der Waals surface area contributed by atoms with Crippen LogP contribution < -0.4 is 25.5 Å². The van der Waals surface area contributed by atoms with E-state index in [0.717, 1.165) is 33.3 Å². The number of anilines is 1. The summed E-state index contributed by atoms with van der Waals surface area (Å²) in [7, 11) is -14.8. The number of carbonyl (C=O) groups is 4. The molecule has 15 rings (SSSR count). The van der Waals surface area contributed by atoms with Gasteiger partial charge in [0.25, 0.3) is 0 Å². The Hall–Kier alpha value is -11.4. The van der Waals surface area contributed by atoms with E-state index in [4.69, 9.17) is 32.2 Å². The second-order valence-electron chi connectivity index (χ2n) is 35.5. The second kappa shape index (κ2) is 47.6. The molecule has 0 saturated heterocycles. The normalized spacial score (nSPS) is 21.3. The average Bonchev–Trinajstić information content (AvgIpc) is 1.67. The van der Waals surface area contributed by atoms with Crippen LogP contribution in [0, 0.1) is 67.1 Å². The standard InChI is InChI=1S/C24H26F3N5O6S.C23H25ClFN5O5S.C22H25BrN6O5S.C21H27N5O6S/c1-13-4-14(6-17(5-13)24(25,26)27)10-32-3-2-19(31-32)23(35)18-9-29-12-30-20(18)8-15-7-16(22(34)21(15)33)11-38-39(28,36)37;1-13-6-14(2-3-18(13)24)10-30-5-4-19(29-30)23(32)17-9-27-12-28-20(17)8-15-7-16(22(31)21(15)25)11-35-36(26,33)34;1-28(17-8-15(20(30)9-17)12-34-35(24,32)33)22-18(10-25-13-26-22)21(31)19-5-6-29(27-19)11-14-3-2-4-16(23)7-14;1-21(2,29)5-3-6-26-7-4-17(25-26)20(28)16-11-23-13-24-18(16)9-14-8-15(19(27)10-14)12-32-33(22,30)31/h2-6,9,12,15-16,21-22,33-34H,7-8,10-11H2,1H3,(H2,28,36,37);2-6,9,12,15-16,21-22,31H,7-8,10-11H2,1H3,(H2,26,33,34);2-7,10,13,15,17,20,30H,8-9,11-12H2,1H3,(H2,24,32,33);4,7,11,13-15,19,27,29H,6,8-10,12H2,1-2H3,(H2,22,30,31)/t15-,16+,21-,22+;15-,16+,21+,22+;15-,17-,20+;14-,15+,19-/m0010/s1. The first-order valence-electron chi connectivity index (χ1n) is 44.1. The van der Waals surface area contributed by atoms with Gasteiger partial charge in [0.15, 0.2) is 0 Å². The van der Waals surface area contributed by atoms with Crippen LogP contribution in [0.4, 0.5) is 23.4 Å². The van der Waals surface area contributed by atoms with E-state index in [0.29, 0.717) is 84.1 Å². The van der Waals surface area contributed by atoms with Gasteiger partial charge < -0.3 is 35.5 Å². The number of nitrogens with zero attached hydrogens (tertiary/aromatic N) is 17. The highest BCUT2D eigenvalue weighted by Gasteiger charge is 2.46. The van der Waals surface area contributed by atoms with Gasteiger partial charge >= 0.3 is 47.4 Å². The molecule has 0 spiro atoms. The lowest BCUT2D eigenvalue weighted by Gasteiger charge is -2.27. The summed E-state index contributed by atoms with van der Waals surface area (Å²) in [5, 5.41) is 98.7. The number of hydrogen-bond acceptors (Lipinski definition) is 35. The Morgan fingerprint density at radius 3 is 1.41 bits per heavy atom. The van der Waals surface area contributed by atoms with Gasteiger partial charge in [-0.1, -0.05) is 75.3 Å². The van der Waals surface area contributed by atoms with Crippen LogP contribution in [0.3, 0.4) is 0 Å². The van der Waals surface area contributed by atoms with Crippen LogP contribution in [0.2, 0.25) is 5.02 Å². The molecule has 4 aliphatic rings. The largest absolute Gasteiger partial charge is 0.416 e. The minimum Gasteiger partial charge on any atom is -0.393 e. The molecular weight excluding hydrogens is 2050 g/mol. The fourth-order valence-corrected chi connectivity index (χ4v) is 19.2. The number of aliphatic hydroxyl groups is 6. The average molecular weight is 2150 g/mol. The second-order valence-corrected chi connectivity index (χ2v) is 41.7. The number of ketones is 4. The van der Waals surface area contributed by atoms with Crippen molar-refractivity contribution in [2.75, 3.05) is 38.4 Å². The first-order chi connectivity index (χ1) is 67.2. The number of benzene rings is 3. The topological polar surface area (TPSA) is 645 Å². The zero-order valence-corrected chi connectivity index (χ0v) is 82.8. The van der Waals surface area contributed by atoms with Crippen molar-refractivity contribution in [2.45, 2.75) is 166 Å². The number of hydrogen-bond donors (Lipinski definition) is 10. The van der Waals surface area contributed by atoms with Gasteiger partial charge in [0.05, 0.1) is 121 Å². The number of carbonyl (C=O) groups excluding carboxylic acids is 4. The van der Waals surface area contributed by atoms with Crippen LogP contribution in [-0.2, 0) is 110 Å². The highest BCUT2D eigenvalue weighted by molar-refractivity contribution is 9.10. The van der Waals surface area contributed by atoms with E-state index in [1.807, 2.05) is 43.3 Å². The van der Waals surface area contributed by atoms with E-state index in [9.17, 15) is 101 Å². The number of aromatic nitrogens is 16. The maximum Gasteiger partial charge on any atom is 0.416 e. The fraction of sp³-hybridized carbons (Fsp3) is 0.422. The molecule has 14 atom stereocenters. The van der Waals surface area contributed by atoms with E-state index in [-0.39, 0.29) is 127 Å². The van der Waals surface area contributed by atoms with Crippen LogP contribution in [0.15, 0.2) is 164 Å². The Morgan fingerprint density at radius 2 is 0.916 bits per heavy atom. The van der Waals surface area contributed by atoms with Crippen molar-refractivity contribution in [1.82, 2.24) is 79.0 Å². The molecule has 0 radical (unpaired) electrons. The SMILES string of the molecule is CC(C)(O)C#CCn1ccc(C(=O)c2cncnc2C[C@@H]2C[C@H](COS(N)(=O)=O)[C@@H](O)C2)n1.CN(c1ncncc1C(=O)c1ccn(Cc2cccc(Br)c2)n1)[C@@H]1C[C@H](COS(N)(=O)=O)[C@@H](O)C1.Cc1cc(Cn2ccc(C(=O)c3cncnc3C[C@@H]3C[C@H](COS(N)(=O)=O)[C@@H](O)[C@@H]3F)n2)ccc1Cl.Cc1cc(Cn2ccc(C(=O)c3cncnc3C[C@@H]3C[C@H](COS(N)(=O)=O)[C@@H](O)[C@H]3O)n2)cc(C(F)(F)F)c1. The van der Waals surface area contributed by atoms with Crippen LogP contribution in [0.1, 0.15) is 167 Å². The molecule has 14 N–H and O–H groups in total. The molecule has 8 heterocycles. The molecule has 4 fully saturated rings. The molecule has 53 heteroatoms. The van der Waals surface area contributed by atoms with Gasteiger partial charge in [-0.3, -0.25) is 54.6 Å². The Balaban J connectivity index is 0.000000170. The van der Waals surface area contributed by atoms with Crippen molar-refractivity contribution < 1.29 is 118 Å². The third-order valence-electron chi connectivity index (χ3n) is 24.0. The van der Waals surface area contributed by atoms with Crippen LogP contribution in [0.5, 0.6) is 0 Å². The summed E-state index contributed by atoms with van der Waals surface area (Å²) in [6.45, 7) is 6.54. The van der Waals surface area contributed by atoms with Crippen molar-refractivity contribution in [1.29, 1.82) is 0 Å². The minimum absolute atomic E-state index is 0.00429. The van der Waals surface area contributed by atoms with Gasteiger partial charge in [0.2, 0.25) is 23.1 Å². The van der Waals surface area contributed by atoms with Crippen LogP contribution in [-0.4, -0.2) is 248 Å². The fourth-order valence-electron chi connectivity index (χ4n) is 17.1. The Morgan fingerprint density at radius 1 is 0.497 bits per heavy atom. The van der Waals surface area contributed by atoms with Gasteiger partial charge in [-0.25, -0.2) is 64.8 Å². The van der Waals surface area contributed by atoms with Gasteiger partial charge in [0, 0.05) is 95.8 Å². The quantitative estimate of drug-likeness (QED) is 0.0145. The maximum absolute atomic E-state index is 14.8. The number of nitrogens with two attached hydrogens (primary N) is 4. The van der Waals surface area contributed by atoms with Crippen LogP contribution in [0.25, 0.3) is 0 Å². The third kappa shape index (κ3) is 31.8. The molecule has 0 aliphatic heterocycles. The van der Waals surface area contributed by atoms with E-state index in [1.54, 1.807) is 91.0 Å². The number of aliphatic hydroxyl groups excluding tert-OH is 5. The Kier molecular flexibility index (Phi) is 36.8. The molecule has 11 aromatic rings. The molecule has 143 heavy (non-hydrogen) atoms. The summed E-state index contributed by atoms with van der Waals surface area (Å²) in [5.41, 5.74) is 4.50. The van der Waals surface area contributed by atoms with Gasteiger partial charge in [0.1, 0.15) is 72.2 Å². The van der Waals surface area contributed by atoms with E-state index >= 15 is 0 Å². The predicted molar refractivity (Wildman–Crippen MR) is 505 cm³/mol. The summed E-state index contributed by atoms with van der Waals surface area (Å²) in [6, 6.07) is 23.2. The third-order valence-corrected chi connectivity index (χ3v) is 26.8. The molecule has 0 amide bonds. The number of rotatable bonds is 35. The molecule has 4 aliphatic carbocycles. The molecular formula is C90H103BrClF4N21O22S4. The summed E-state index contributed by atoms with van der Waals surface area (Å²) in [5.74, 6) is 0.693. The molecule has 0 bridgehead atoms. The monoisotopic (exact) mass is 2150 g/mol. The lowest BCUT2D eigenvalue weighted by Crippen LogP contribution is -2.32. The van der Waals surface area contributed by atoms with E-state index < -0.39 is 150 Å². The lowest BCUT2D eigenvalue weighted by molar-refractivity contribution is -0.137. The molecule has 766 valence electrons. The lowest BCUT2D eigenvalue weighted by atomic mass is 9.95. The zero-order valence-electron chi connectivity index (χ0n) is 77.1. The number of halogens is 6. The highest BCUT2D eigenvalue weighted by Crippen LogP contribution is 2.41. The summed E-state index contributed by atoms with van der Waals surface area (Å²) < 4.78 is 168. The van der Waals surface area contributed by atoms with E-state index in [2.05, 4.69) is 105 Å². The molecule has 3 aromatic carbocycles. The van der Waals surface area contributed by atoms with Crippen molar-refractivity contribution in [3.8, 4) is 11.8 Å². The summed E-state index contributed by atoms with van der Waals surface area (Å²) >= 11 is 9.53. The van der Waals surface area contributed by atoms with Gasteiger partial charge in [-0.05, 0) is 180 Å². The first-order valence-corrected chi connectivity index (χ1v) is 51.1. The maximum atomic E-state index is 14.8. The molecule has 0 unspecified atom stereocenters. The predicted octanol–water partition coefficient (Wildman–Crippen LogP) is 4.75. The number of alkyl halides is 4. The summed E-state index contributed by atoms with van der Waals surface area (Å²) in [4.78, 5) is 87.4. The van der Waals surface area contributed by atoms with Gasteiger partial charge in [-0.15, -0.1) is 0 Å². The Labute approximate surface area is 832 Å². The van der Waals surface area contributed by atoms with Crippen molar-refractivity contribution in [3.63, 3.8) is 0 Å². The zero-order chi connectivity index (χ0) is 104. The first kappa shape index (κ1) is 110. The minimum atomic E-state index is -4.49. The van der Waals surface area contributed by atoms with E-state index in [1.165, 1.54) is 71.7 Å². The highest BCUT2D eigenvalue weighted by atomic mass is 79.9. The van der Waals surface area contributed by atoms with Gasteiger partial charge in [-0.2, -0.15) is 67.2 Å². The van der Waals surface area contributed by atoms with Crippen LogP contribution >= 0.6 is 27.5 Å². The number of aryl methyl sites for hydroxylation is 2. The van der Waals surface area contributed by atoms with Crippen molar-refractivity contribution in [2.24, 2.45) is 62.0 Å². The Bertz CT molecular complexity index is 6940. The van der Waals surface area contributed by atoms with Crippen molar-refractivity contribution in [3.05, 3.63) is 265 Å². The molecule has 43 nitrogen and oxygen atoms in total. The van der Waals surface area contributed by atoms with Crippen molar-refractivity contribution >= 4 is 97.7 Å².